The van der Waals surface area contributed by atoms with Crippen LogP contribution in [0.3, 0.4) is 0 Å². The van der Waals surface area contributed by atoms with Gasteiger partial charge in [0, 0.05) is 36.1 Å². The van der Waals surface area contributed by atoms with Crippen molar-refractivity contribution in [2.24, 2.45) is 0 Å². The van der Waals surface area contributed by atoms with Crippen LogP contribution in [0.25, 0.3) is 0 Å². The van der Waals surface area contributed by atoms with Crippen molar-refractivity contribution in [1.29, 1.82) is 0 Å². The first-order valence-corrected chi connectivity index (χ1v) is 14.0. The lowest BCUT2D eigenvalue weighted by Gasteiger charge is -2.47. The number of nitrogens with zero attached hydrogens (tertiary/aromatic N) is 3. The summed E-state index contributed by atoms with van der Waals surface area (Å²) in [4.78, 5) is 29.8. The first-order chi connectivity index (χ1) is 16.5. The third-order valence-corrected chi connectivity index (χ3v) is 8.88. The normalized spacial score (nSPS) is 18.7. The van der Waals surface area contributed by atoms with Crippen molar-refractivity contribution in [2.45, 2.75) is 63.9 Å². The second-order valence-corrected chi connectivity index (χ2v) is 12.0. The molecule has 1 fully saturated rings. The van der Waals surface area contributed by atoms with Crippen LogP contribution in [0.2, 0.25) is 0 Å². The Morgan fingerprint density at radius 1 is 1.09 bits per heavy atom. The van der Waals surface area contributed by atoms with Gasteiger partial charge in [-0.2, -0.15) is 0 Å². The Labute approximate surface area is 215 Å². The Morgan fingerprint density at radius 2 is 1.77 bits per heavy atom. The lowest BCUT2D eigenvalue weighted by atomic mass is 9.99. The van der Waals surface area contributed by atoms with Crippen LogP contribution in [0.4, 0.5) is 0 Å². The third kappa shape index (κ3) is 4.76. The van der Waals surface area contributed by atoms with Crippen molar-refractivity contribution in [3.05, 3.63) is 75.6 Å². The summed E-state index contributed by atoms with van der Waals surface area (Å²) in [7, 11) is -3.97. The number of halogens is 1. The second-order valence-electron chi connectivity index (χ2n) is 9.23. The minimum absolute atomic E-state index is 0.00785. The highest BCUT2D eigenvalue weighted by Crippen LogP contribution is 2.35. The maximum Gasteiger partial charge on any atom is 0.265 e. The summed E-state index contributed by atoms with van der Waals surface area (Å²) in [5.74, 6) is -0.227. The summed E-state index contributed by atoms with van der Waals surface area (Å²) in [6, 6.07) is 11.9. The average Bonchev–Trinajstić information content (AvgIpc) is 2.81. The molecule has 0 saturated carbocycles. The molecule has 1 atom stereocenters. The van der Waals surface area contributed by atoms with E-state index in [-0.39, 0.29) is 41.5 Å². The smallest absolute Gasteiger partial charge is 0.265 e. The number of amides is 2. The fraction of sp³-hybridized carbons (Fsp3) is 0.385. The van der Waals surface area contributed by atoms with Crippen LogP contribution >= 0.6 is 15.9 Å². The number of hydrogen-bond acceptors (Lipinski definition) is 4. The number of benzene rings is 2. The van der Waals surface area contributed by atoms with E-state index in [1.54, 1.807) is 23.1 Å². The number of hydrogen-bond donors (Lipinski definition) is 0. The molecule has 1 unspecified atom stereocenters. The van der Waals surface area contributed by atoms with Gasteiger partial charge in [0.05, 0.1) is 4.90 Å². The summed E-state index contributed by atoms with van der Waals surface area (Å²) < 4.78 is 30.0. The molecule has 0 aliphatic carbocycles. The quantitative estimate of drug-likeness (QED) is 0.531. The maximum atomic E-state index is 13.9. The van der Waals surface area contributed by atoms with Gasteiger partial charge in [-0.05, 0) is 56.5 Å². The van der Waals surface area contributed by atoms with Crippen LogP contribution in [-0.4, -0.2) is 53.0 Å². The molecule has 186 valence electrons. The second kappa shape index (κ2) is 9.78. The summed E-state index contributed by atoms with van der Waals surface area (Å²) in [6.45, 7) is 7.67. The Morgan fingerprint density at radius 3 is 2.40 bits per heavy atom. The molecule has 2 aliphatic rings. The topological polar surface area (TPSA) is 78.0 Å². The van der Waals surface area contributed by atoms with Crippen molar-refractivity contribution in [3.63, 3.8) is 0 Å². The molecular formula is C26H30BrN3O4S. The number of rotatable bonds is 6. The van der Waals surface area contributed by atoms with Crippen molar-refractivity contribution < 1.29 is 18.0 Å². The van der Waals surface area contributed by atoms with Gasteiger partial charge in [-0.15, -0.1) is 0 Å². The number of carbonyl (C=O) groups excluding carboxylic acids is 2. The highest BCUT2D eigenvalue weighted by Gasteiger charge is 2.46. The van der Waals surface area contributed by atoms with Crippen molar-refractivity contribution >= 4 is 37.8 Å². The zero-order valence-electron chi connectivity index (χ0n) is 20.4. The summed E-state index contributed by atoms with van der Waals surface area (Å²) in [5.41, 5.74) is 2.70. The van der Waals surface area contributed by atoms with Crippen LogP contribution in [-0.2, 0) is 32.5 Å². The maximum absolute atomic E-state index is 13.9. The predicted octanol–water partition coefficient (Wildman–Crippen LogP) is 4.20. The number of aryl methyl sites for hydroxylation is 2. The van der Waals surface area contributed by atoms with Gasteiger partial charge in [0.25, 0.3) is 10.0 Å². The Bertz CT molecular complexity index is 1290. The molecule has 1 saturated heterocycles. The van der Waals surface area contributed by atoms with Gasteiger partial charge in [-0.1, -0.05) is 52.7 Å². The zero-order valence-corrected chi connectivity index (χ0v) is 22.8. The van der Waals surface area contributed by atoms with Crippen LogP contribution in [0, 0.1) is 6.92 Å². The fourth-order valence-electron chi connectivity index (χ4n) is 4.58. The summed E-state index contributed by atoms with van der Waals surface area (Å²) >= 11 is 3.42. The van der Waals surface area contributed by atoms with E-state index in [0.717, 1.165) is 15.6 Å². The first kappa shape index (κ1) is 25.4. The highest BCUT2D eigenvalue weighted by molar-refractivity contribution is 9.10. The van der Waals surface area contributed by atoms with Gasteiger partial charge in [-0.25, -0.2) is 12.7 Å². The molecule has 7 nitrogen and oxygen atoms in total. The molecule has 35 heavy (non-hydrogen) atoms. The summed E-state index contributed by atoms with van der Waals surface area (Å²) in [5, 5.41) is 0. The summed E-state index contributed by atoms with van der Waals surface area (Å²) in [6.07, 6.45) is 2.37. The van der Waals surface area contributed by atoms with Crippen LogP contribution in [0.1, 0.15) is 43.9 Å². The number of carbonyl (C=O) groups is 2. The minimum Gasteiger partial charge on any atom is -0.311 e. The molecule has 2 aromatic rings. The molecule has 2 aliphatic heterocycles. The highest BCUT2D eigenvalue weighted by atomic mass is 79.9. The number of sulfonamides is 1. The van der Waals surface area contributed by atoms with Gasteiger partial charge >= 0.3 is 0 Å². The molecule has 0 N–H and O–H groups in total. The largest absolute Gasteiger partial charge is 0.311 e. The van der Waals surface area contributed by atoms with E-state index in [4.69, 9.17) is 0 Å². The molecule has 2 amide bonds. The standard InChI is InChI=1S/C26H30BrN3O4S/c1-5-20-15-21(27)10-11-23(20)35(33,34)29-13-12-25(31)30-22(14-19-8-6-18(4)7-9-19)26(32)28(17(2)3)16-24(29)30/h6-11,15-17,22H,5,12-14H2,1-4H3. The molecule has 0 aromatic heterocycles. The SMILES string of the molecule is CCc1cc(Br)ccc1S(=O)(=O)N1CCC(=O)N2C1=CN(C(C)C)C(=O)C2Cc1ccc(C)cc1. The molecule has 0 bridgehead atoms. The van der Waals surface area contributed by atoms with E-state index in [9.17, 15) is 18.0 Å². The molecule has 2 aromatic carbocycles. The van der Waals surface area contributed by atoms with Gasteiger partial charge in [0.15, 0.2) is 0 Å². The van der Waals surface area contributed by atoms with E-state index in [1.807, 2.05) is 52.0 Å². The monoisotopic (exact) mass is 559 g/mol. The minimum atomic E-state index is -3.97. The van der Waals surface area contributed by atoms with Gasteiger partial charge in [0.2, 0.25) is 11.8 Å². The fourth-order valence-corrected chi connectivity index (χ4v) is 6.71. The average molecular weight is 561 g/mol. The molecule has 9 heteroatoms. The van der Waals surface area contributed by atoms with E-state index < -0.39 is 16.1 Å². The van der Waals surface area contributed by atoms with E-state index in [2.05, 4.69) is 15.9 Å². The zero-order chi connectivity index (χ0) is 25.5. The molecule has 4 rings (SSSR count). The Balaban J connectivity index is 1.81. The van der Waals surface area contributed by atoms with Gasteiger partial charge in [0.1, 0.15) is 11.9 Å². The van der Waals surface area contributed by atoms with Gasteiger partial charge < -0.3 is 4.90 Å². The van der Waals surface area contributed by atoms with E-state index >= 15 is 0 Å². The Hall–Kier alpha value is -2.65. The molecule has 2 heterocycles. The van der Waals surface area contributed by atoms with Crippen molar-refractivity contribution in [2.75, 3.05) is 6.54 Å². The van der Waals surface area contributed by atoms with Crippen LogP contribution in [0.5, 0.6) is 0 Å². The van der Waals surface area contributed by atoms with Gasteiger partial charge in [-0.3, -0.25) is 14.5 Å². The lowest BCUT2D eigenvalue weighted by molar-refractivity contribution is -0.148. The predicted molar refractivity (Wildman–Crippen MR) is 138 cm³/mol. The molecule has 0 spiro atoms. The Kier molecular flexibility index (Phi) is 7.11. The molecular weight excluding hydrogens is 530 g/mol. The van der Waals surface area contributed by atoms with E-state index in [1.165, 1.54) is 15.4 Å². The number of fused-ring (bicyclic) bond motifs is 1. The molecule has 0 radical (unpaired) electrons. The van der Waals surface area contributed by atoms with E-state index in [0.29, 0.717) is 18.4 Å². The van der Waals surface area contributed by atoms with Crippen LogP contribution in [0.15, 0.2) is 63.9 Å². The van der Waals surface area contributed by atoms with Crippen molar-refractivity contribution in [3.8, 4) is 0 Å². The van der Waals surface area contributed by atoms with Crippen LogP contribution < -0.4 is 0 Å². The first-order valence-electron chi connectivity index (χ1n) is 11.8. The third-order valence-electron chi connectivity index (χ3n) is 6.48. The van der Waals surface area contributed by atoms with Crippen molar-refractivity contribution in [1.82, 2.24) is 14.1 Å². The lowest BCUT2D eigenvalue weighted by Crippen LogP contribution is -2.61.